The Labute approximate surface area is 112 Å². The quantitative estimate of drug-likeness (QED) is 0.897. The highest BCUT2D eigenvalue weighted by molar-refractivity contribution is 5.28. The Kier molecular flexibility index (Phi) is 4.16. The van der Waals surface area contributed by atoms with Crippen molar-refractivity contribution in [2.75, 3.05) is 0 Å². The van der Waals surface area contributed by atoms with Gasteiger partial charge < -0.3 is 14.4 Å². The van der Waals surface area contributed by atoms with Crippen molar-refractivity contribution in [2.45, 2.75) is 39.4 Å². The molecule has 0 fully saturated rings. The van der Waals surface area contributed by atoms with Gasteiger partial charge in [0, 0.05) is 5.92 Å². The van der Waals surface area contributed by atoms with Crippen LogP contribution in [0.3, 0.4) is 0 Å². The van der Waals surface area contributed by atoms with Gasteiger partial charge in [0.05, 0.1) is 6.10 Å². The van der Waals surface area contributed by atoms with Gasteiger partial charge >= 0.3 is 0 Å². The molecule has 0 aliphatic carbocycles. The Morgan fingerprint density at radius 3 is 2.42 bits per heavy atom. The lowest BCUT2D eigenvalue weighted by molar-refractivity contribution is 0.199. The molecule has 0 amide bonds. The minimum Gasteiger partial charge on any atom is -0.484 e. The zero-order chi connectivity index (χ0) is 13.8. The summed E-state index contributed by atoms with van der Waals surface area (Å²) < 4.78 is 10.6. The first-order valence-corrected chi connectivity index (χ1v) is 6.29. The van der Waals surface area contributed by atoms with Crippen molar-refractivity contribution in [3.8, 4) is 5.75 Å². The molecule has 5 heteroatoms. The van der Waals surface area contributed by atoms with Gasteiger partial charge in [-0.1, -0.05) is 31.1 Å². The Bertz CT molecular complexity index is 518. The Morgan fingerprint density at radius 2 is 1.89 bits per heavy atom. The summed E-state index contributed by atoms with van der Waals surface area (Å²) in [5.41, 5.74) is 0.854. The number of rotatable bonds is 5. The highest BCUT2D eigenvalue weighted by atomic mass is 16.5. The highest BCUT2D eigenvalue weighted by Gasteiger charge is 2.10. The lowest BCUT2D eigenvalue weighted by Gasteiger charge is -2.06. The summed E-state index contributed by atoms with van der Waals surface area (Å²) in [4.78, 5) is 4.23. The predicted octanol–water partition coefficient (Wildman–Crippen LogP) is 2.83. The summed E-state index contributed by atoms with van der Waals surface area (Å²) in [6.07, 6.45) is -0.474. The first-order valence-electron chi connectivity index (χ1n) is 6.29. The van der Waals surface area contributed by atoms with Crippen LogP contribution >= 0.6 is 0 Å². The molecule has 1 atom stereocenters. The fourth-order valence-corrected chi connectivity index (χ4v) is 1.55. The van der Waals surface area contributed by atoms with E-state index < -0.39 is 6.10 Å². The van der Waals surface area contributed by atoms with Gasteiger partial charge in [0.25, 0.3) is 5.89 Å². The van der Waals surface area contributed by atoms with E-state index in [1.807, 2.05) is 38.1 Å². The van der Waals surface area contributed by atoms with Gasteiger partial charge in [-0.15, -0.1) is 0 Å². The van der Waals surface area contributed by atoms with Crippen molar-refractivity contribution in [1.82, 2.24) is 10.1 Å². The maximum atomic E-state index is 9.40. The molecule has 2 aromatic rings. The topological polar surface area (TPSA) is 68.4 Å². The van der Waals surface area contributed by atoms with Crippen LogP contribution in [0.1, 0.15) is 50.1 Å². The summed E-state index contributed by atoms with van der Waals surface area (Å²) in [5, 5.41) is 13.3. The zero-order valence-corrected chi connectivity index (χ0v) is 11.3. The lowest BCUT2D eigenvalue weighted by atomic mass is 10.1. The van der Waals surface area contributed by atoms with E-state index >= 15 is 0 Å². The van der Waals surface area contributed by atoms with E-state index in [9.17, 15) is 5.11 Å². The number of aromatic nitrogens is 2. The molecule has 2 rings (SSSR count). The second-order valence-electron chi connectivity index (χ2n) is 4.73. The van der Waals surface area contributed by atoms with E-state index in [1.54, 1.807) is 6.92 Å². The lowest BCUT2D eigenvalue weighted by Crippen LogP contribution is -1.97. The van der Waals surface area contributed by atoms with Crippen molar-refractivity contribution in [3.05, 3.63) is 41.5 Å². The molecule has 0 aliphatic heterocycles. The van der Waals surface area contributed by atoms with Crippen LogP contribution in [-0.4, -0.2) is 15.2 Å². The summed E-state index contributed by atoms with van der Waals surface area (Å²) in [5.74, 6) is 2.09. The average Bonchev–Trinajstić information content (AvgIpc) is 2.86. The number of ether oxygens (including phenoxy) is 1. The van der Waals surface area contributed by atoms with Gasteiger partial charge in [0.2, 0.25) is 0 Å². The molecule has 0 bridgehead atoms. The van der Waals surface area contributed by atoms with Crippen LogP contribution in [0.15, 0.2) is 28.8 Å². The molecule has 1 heterocycles. The Morgan fingerprint density at radius 1 is 1.21 bits per heavy atom. The first kappa shape index (κ1) is 13.5. The van der Waals surface area contributed by atoms with Crippen LogP contribution in [-0.2, 0) is 6.61 Å². The molecule has 0 saturated heterocycles. The number of hydrogen-bond donors (Lipinski definition) is 1. The minimum atomic E-state index is -0.474. The molecule has 0 spiro atoms. The largest absolute Gasteiger partial charge is 0.484 e. The van der Waals surface area contributed by atoms with Crippen molar-refractivity contribution in [3.63, 3.8) is 0 Å². The molecule has 0 saturated carbocycles. The summed E-state index contributed by atoms with van der Waals surface area (Å²) in [6.45, 7) is 5.98. The molecule has 0 radical (unpaired) electrons. The Hall–Kier alpha value is -1.88. The molecule has 19 heavy (non-hydrogen) atoms. The number of aliphatic hydroxyl groups excluding tert-OH is 1. The fourth-order valence-electron chi connectivity index (χ4n) is 1.55. The molecular formula is C14H18N2O3. The van der Waals surface area contributed by atoms with Gasteiger partial charge in [0.1, 0.15) is 5.75 Å². The van der Waals surface area contributed by atoms with Gasteiger partial charge in [-0.3, -0.25) is 0 Å². The van der Waals surface area contributed by atoms with Crippen LogP contribution in [0.25, 0.3) is 0 Å². The Balaban J connectivity index is 1.94. The molecule has 0 aliphatic rings. The zero-order valence-electron chi connectivity index (χ0n) is 11.3. The van der Waals surface area contributed by atoms with Gasteiger partial charge in [-0.2, -0.15) is 4.98 Å². The van der Waals surface area contributed by atoms with E-state index in [0.717, 1.165) is 5.56 Å². The van der Waals surface area contributed by atoms with Crippen LogP contribution in [0.5, 0.6) is 5.75 Å². The summed E-state index contributed by atoms with van der Waals surface area (Å²) >= 11 is 0. The highest BCUT2D eigenvalue weighted by Crippen LogP contribution is 2.18. The molecule has 1 N–H and O–H groups in total. The number of aliphatic hydroxyl groups is 1. The van der Waals surface area contributed by atoms with E-state index in [0.29, 0.717) is 17.5 Å². The van der Waals surface area contributed by atoms with Crippen LogP contribution < -0.4 is 4.74 Å². The molecule has 5 nitrogen and oxygen atoms in total. The van der Waals surface area contributed by atoms with E-state index in [2.05, 4.69) is 10.1 Å². The van der Waals surface area contributed by atoms with E-state index in [-0.39, 0.29) is 12.5 Å². The van der Waals surface area contributed by atoms with Crippen LogP contribution in [0.2, 0.25) is 0 Å². The predicted molar refractivity (Wildman–Crippen MR) is 69.8 cm³/mol. The second kappa shape index (κ2) is 5.84. The molecule has 1 aromatic carbocycles. The molecule has 1 aromatic heterocycles. The minimum absolute atomic E-state index is 0.239. The number of benzene rings is 1. The molecule has 102 valence electrons. The van der Waals surface area contributed by atoms with Crippen molar-refractivity contribution in [2.24, 2.45) is 0 Å². The second-order valence-corrected chi connectivity index (χ2v) is 4.73. The maximum Gasteiger partial charge on any atom is 0.264 e. The van der Waals surface area contributed by atoms with Crippen molar-refractivity contribution in [1.29, 1.82) is 0 Å². The summed E-state index contributed by atoms with van der Waals surface area (Å²) in [6, 6.07) is 7.27. The van der Waals surface area contributed by atoms with Crippen LogP contribution in [0, 0.1) is 0 Å². The number of nitrogens with zero attached hydrogens (tertiary/aromatic N) is 2. The van der Waals surface area contributed by atoms with E-state index in [4.69, 9.17) is 9.26 Å². The monoisotopic (exact) mass is 262 g/mol. The third-order valence-electron chi connectivity index (χ3n) is 2.73. The normalized spacial score (nSPS) is 12.7. The average molecular weight is 262 g/mol. The third-order valence-corrected chi connectivity index (χ3v) is 2.73. The first-order chi connectivity index (χ1) is 9.06. The standard InChI is InChI=1S/C14H18N2O3/c1-9(2)14-15-13(19-16-14)8-18-12-6-4-11(5-7-12)10(3)17/h4-7,9-10,17H,8H2,1-3H3. The maximum absolute atomic E-state index is 9.40. The summed E-state index contributed by atoms with van der Waals surface area (Å²) in [7, 11) is 0. The van der Waals surface area contributed by atoms with Gasteiger partial charge in [-0.25, -0.2) is 0 Å². The van der Waals surface area contributed by atoms with Crippen LogP contribution in [0.4, 0.5) is 0 Å². The van der Waals surface area contributed by atoms with Gasteiger partial charge in [-0.05, 0) is 24.6 Å². The molecule has 1 unspecified atom stereocenters. The van der Waals surface area contributed by atoms with Crippen molar-refractivity contribution < 1.29 is 14.4 Å². The number of hydrogen-bond acceptors (Lipinski definition) is 5. The molecular weight excluding hydrogens is 244 g/mol. The fraction of sp³-hybridized carbons (Fsp3) is 0.429. The SMILES string of the molecule is CC(C)c1noc(COc2ccc(C(C)O)cc2)n1. The van der Waals surface area contributed by atoms with Crippen molar-refractivity contribution >= 4 is 0 Å². The third kappa shape index (κ3) is 3.54. The van der Waals surface area contributed by atoms with E-state index in [1.165, 1.54) is 0 Å². The smallest absolute Gasteiger partial charge is 0.264 e. The van der Waals surface area contributed by atoms with Gasteiger partial charge in [0.15, 0.2) is 12.4 Å².